The number of likely N-dealkylation sites (tertiary alicyclic amines) is 2. The van der Waals surface area contributed by atoms with E-state index in [1.54, 1.807) is 0 Å². The maximum absolute atomic E-state index is 11.5. The summed E-state index contributed by atoms with van der Waals surface area (Å²) < 4.78 is 0. The summed E-state index contributed by atoms with van der Waals surface area (Å²) in [7, 11) is 0. The van der Waals surface area contributed by atoms with Crippen molar-refractivity contribution in [3.8, 4) is 23.7 Å². The monoisotopic (exact) mass is 714 g/mol. The molecular weight excluding hydrogens is 664 g/mol. The van der Waals surface area contributed by atoms with Gasteiger partial charge in [0.2, 0.25) is 11.8 Å². The predicted molar refractivity (Wildman–Crippen MR) is 178 cm³/mol. The van der Waals surface area contributed by atoms with Crippen molar-refractivity contribution in [2.75, 3.05) is 52.4 Å². The van der Waals surface area contributed by atoms with Gasteiger partial charge in [-0.1, -0.05) is 51.4 Å². The van der Waals surface area contributed by atoms with Crippen molar-refractivity contribution < 1.29 is 69.0 Å². The van der Waals surface area contributed by atoms with Crippen molar-refractivity contribution in [1.29, 1.82) is 0 Å². The molecule has 18 nitrogen and oxygen atoms in total. The van der Waals surface area contributed by atoms with Gasteiger partial charge in [0.25, 0.3) is 0 Å². The molecule has 2 unspecified atom stereocenters. The highest BCUT2D eigenvalue weighted by Crippen LogP contribution is 2.17. The number of aliphatic carboxylic acids is 6. The van der Waals surface area contributed by atoms with E-state index >= 15 is 0 Å². The molecule has 0 bridgehead atoms. The fraction of sp³-hybridized carbons (Fsp3) is 0.625. The summed E-state index contributed by atoms with van der Waals surface area (Å²) >= 11 is 0. The van der Waals surface area contributed by atoms with E-state index < -0.39 is 35.8 Å². The lowest BCUT2D eigenvalue weighted by Crippen LogP contribution is -2.31. The van der Waals surface area contributed by atoms with Crippen molar-refractivity contribution >= 4 is 47.6 Å². The largest absolute Gasteiger partial charge is 0.473 e. The van der Waals surface area contributed by atoms with Crippen LogP contribution in [0.3, 0.4) is 0 Å². The quantitative estimate of drug-likeness (QED) is 0.144. The summed E-state index contributed by atoms with van der Waals surface area (Å²) in [6.07, 6.45) is 3.35. The van der Waals surface area contributed by atoms with Gasteiger partial charge in [-0.2, -0.15) is 0 Å². The molecule has 0 aliphatic carbocycles. The van der Waals surface area contributed by atoms with Crippen LogP contribution in [0.15, 0.2) is 0 Å². The number of carboxylic acid groups (broad SMARTS) is 6. The molecule has 2 amide bonds. The van der Waals surface area contributed by atoms with Crippen molar-refractivity contribution in [3.63, 3.8) is 0 Å². The molecule has 0 saturated carbocycles. The summed E-state index contributed by atoms with van der Waals surface area (Å²) in [6.45, 7) is 19.7. The first-order valence-electron chi connectivity index (χ1n) is 15.6. The van der Waals surface area contributed by atoms with Crippen molar-refractivity contribution in [2.45, 2.75) is 79.3 Å². The molecule has 2 atom stereocenters. The average Bonchev–Trinajstić information content (AvgIpc) is 3.56. The molecule has 18 heteroatoms. The molecule has 0 spiro atoms. The number of amides is 2. The minimum atomic E-state index is -1.82. The lowest BCUT2D eigenvalue weighted by Gasteiger charge is -2.18. The first kappa shape index (κ1) is 49.2. The molecule has 2 rings (SSSR count). The summed E-state index contributed by atoms with van der Waals surface area (Å²) in [5.41, 5.74) is 0. The van der Waals surface area contributed by atoms with Crippen molar-refractivity contribution in [2.24, 2.45) is 0 Å². The zero-order chi connectivity index (χ0) is 39.4. The van der Waals surface area contributed by atoms with Crippen LogP contribution in [-0.2, 0) is 38.4 Å². The summed E-state index contributed by atoms with van der Waals surface area (Å²) in [4.78, 5) is 85.8. The van der Waals surface area contributed by atoms with Crippen molar-refractivity contribution in [1.82, 2.24) is 19.6 Å². The summed E-state index contributed by atoms with van der Waals surface area (Å²) in [5.74, 6) is 2.04. The fourth-order valence-electron chi connectivity index (χ4n) is 3.76. The second-order valence-electron chi connectivity index (χ2n) is 10.3. The minimum Gasteiger partial charge on any atom is -0.473 e. The molecule has 282 valence electrons. The highest BCUT2D eigenvalue weighted by Gasteiger charge is 2.27. The number of carbonyl (C=O) groups excluding carboxylic acids is 2. The van der Waals surface area contributed by atoms with Crippen LogP contribution in [-0.4, -0.2) is 162 Å². The molecule has 2 aliphatic heterocycles. The van der Waals surface area contributed by atoms with Crippen LogP contribution >= 0.6 is 0 Å². The Morgan fingerprint density at radius 1 is 0.540 bits per heavy atom. The van der Waals surface area contributed by atoms with Gasteiger partial charge in [0.05, 0.1) is 26.2 Å². The Hall–Kier alpha value is -5.20. The maximum atomic E-state index is 11.5. The predicted octanol–water partition coefficient (Wildman–Crippen LogP) is 0.152. The normalized spacial score (nSPS) is 15.5. The van der Waals surface area contributed by atoms with E-state index in [0.717, 1.165) is 52.1 Å². The Morgan fingerprint density at radius 2 is 0.780 bits per heavy atom. The Morgan fingerprint density at radius 3 is 0.940 bits per heavy atom. The molecule has 0 aromatic rings. The Balaban J connectivity index is -0.000000603. The Bertz CT molecular complexity index is 1100. The molecule has 2 saturated heterocycles. The number of carbonyl (C=O) groups is 8. The second kappa shape index (κ2) is 28.8. The summed E-state index contributed by atoms with van der Waals surface area (Å²) in [6, 6.07) is 0.741. The molecule has 0 aromatic heterocycles. The molecule has 2 fully saturated rings. The number of hydrogen-bond acceptors (Lipinski definition) is 10. The van der Waals surface area contributed by atoms with Gasteiger partial charge in [-0.05, 0) is 52.9 Å². The SMILES string of the molecule is CCN(CC)CC#CCN1C(=O)CCC1C.CCN(CC)CC#CCN1C(=O)CCC1C.O=C(O)C(=O)O.O=C(O)C(=O)O.O=C(O)C(=O)O. The lowest BCUT2D eigenvalue weighted by molar-refractivity contribution is -0.159. The summed E-state index contributed by atoms with van der Waals surface area (Å²) in [5, 5.41) is 44.3. The smallest absolute Gasteiger partial charge is 0.414 e. The molecule has 6 N–H and O–H groups in total. The molecule has 0 aromatic carbocycles. The van der Waals surface area contributed by atoms with Crippen LogP contribution in [0.2, 0.25) is 0 Å². The van der Waals surface area contributed by atoms with Gasteiger partial charge >= 0.3 is 35.8 Å². The van der Waals surface area contributed by atoms with Gasteiger partial charge < -0.3 is 40.4 Å². The molecule has 2 heterocycles. The van der Waals surface area contributed by atoms with Crippen LogP contribution in [0.5, 0.6) is 0 Å². The van der Waals surface area contributed by atoms with Gasteiger partial charge in [0.1, 0.15) is 0 Å². The number of hydrogen-bond donors (Lipinski definition) is 6. The first-order valence-corrected chi connectivity index (χ1v) is 15.6. The first-order chi connectivity index (χ1) is 23.3. The van der Waals surface area contributed by atoms with Gasteiger partial charge in [0, 0.05) is 24.9 Å². The highest BCUT2D eigenvalue weighted by atomic mass is 16.5. The number of nitrogens with zero attached hydrogens (tertiary/aromatic N) is 4. The van der Waals surface area contributed by atoms with Gasteiger partial charge in [-0.3, -0.25) is 19.4 Å². The molecule has 50 heavy (non-hydrogen) atoms. The molecule has 0 radical (unpaired) electrons. The van der Waals surface area contributed by atoms with Crippen LogP contribution in [0.4, 0.5) is 0 Å². The second-order valence-corrected chi connectivity index (χ2v) is 10.3. The van der Waals surface area contributed by atoms with Gasteiger partial charge in [-0.15, -0.1) is 0 Å². The van der Waals surface area contributed by atoms with Crippen LogP contribution in [0.1, 0.15) is 67.2 Å². The standard InChI is InChI=1S/2C13H22N2O.3C2H2O4/c2*1-4-14(5-2)10-6-7-11-15-12(3)8-9-13(15)16;3*3-1(4)2(5)6/h2*12H,4-5,8-11H2,1-3H3;3*(H,3,4)(H,5,6). The minimum absolute atomic E-state index is 0.254. The highest BCUT2D eigenvalue weighted by molar-refractivity contribution is 6.28. The maximum Gasteiger partial charge on any atom is 0.414 e. The lowest BCUT2D eigenvalue weighted by atomic mass is 10.2. The zero-order valence-electron chi connectivity index (χ0n) is 29.4. The third kappa shape index (κ3) is 24.9. The van der Waals surface area contributed by atoms with E-state index in [1.165, 1.54) is 0 Å². The number of rotatable bonds is 8. The average molecular weight is 715 g/mol. The number of carboxylic acids is 6. The van der Waals surface area contributed by atoms with E-state index in [4.69, 9.17) is 59.4 Å². The third-order valence-electron chi connectivity index (χ3n) is 6.95. The van der Waals surface area contributed by atoms with Crippen LogP contribution in [0, 0.1) is 23.7 Å². The Kier molecular flexibility index (Phi) is 28.3. The van der Waals surface area contributed by atoms with Gasteiger partial charge in [-0.25, -0.2) is 28.8 Å². The van der Waals surface area contributed by atoms with Crippen molar-refractivity contribution in [3.05, 3.63) is 0 Å². The van der Waals surface area contributed by atoms with E-state index in [2.05, 4.69) is 75.0 Å². The van der Waals surface area contributed by atoms with Crippen LogP contribution in [0.25, 0.3) is 0 Å². The van der Waals surface area contributed by atoms with E-state index in [-0.39, 0.29) is 11.8 Å². The fourth-order valence-corrected chi connectivity index (χ4v) is 3.76. The van der Waals surface area contributed by atoms with Gasteiger partial charge in [0.15, 0.2) is 0 Å². The van der Waals surface area contributed by atoms with E-state index in [0.29, 0.717) is 38.0 Å². The van der Waals surface area contributed by atoms with E-state index in [9.17, 15) is 9.59 Å². The Labute approximate surface area is 291 Å². The van der Waals surface area contributed by atoms with E-state index in [1.807, 2.05) is 9.80 Å². The topological polar surface area (TPSA) is 271 Å². The molecule has 2 aliphatic rings. The molecular formula is C32H50N4O14. The zero-order valence-corrected chi connectivity index (χ0v) is 29.4. The third-order valence-corrected chi connectivity index (χ3v) is 6.95. The van der Waals surface area contributed by atoms with Crippen LogP contribution < -0.4 is 0 Å².